The fraction of sp³-hybridized carbons (Fsp3) is 0. The Kier molecular flexibility index (Phi) is 4.03. The fourth-order valence-corrected chi connectivity index (χ4v) is 2.33. The third-order valence-electron chi connectivity index (χ3n) is 3.22. The number of halogens is 1. The lowest BCUT2D eigenvalue weighted by Crippen LogP contribution is -2.24. The van der Waals surface area contributed by atoms with Crippen molar-refractivity contribution in [1.29, 1.82) is 0 Å². The van der Waals surface area contributed by atoms with Gasteiger partial charge in [-0.05, 0) is 35.9 Å². The summed E-state index contributed by atoms with van der Waals surface area (Å²) in [6, 6.07) is 13.3. The SMILES string of the molecule is O=C1NC(c2ccc(Br)cc2)=N/C1=C\c1ccc([N+](=O)[O-])cc1. The van der Waals surface area contributed by atoms with Gasteiger partial charge in [-0.25, -0.2) is 4.99 Å². The van der Waals surface area contributed by atoms with E-state index in [1.807, 2.05) is 24.3 Å². The van der Waals surface area contributed by atoms with Crippen LogP contribution in [0.15, 0.2) is 63.7 Å². The predicted molar refractivity (Wildman–Crippen MR) is 89.9 cm³/mol. The lowest BCUT2D eigenvalue weighted by Gasteiger charge is -1.99. The van der Waals surface area contributed by atoms with Crippen LogP contribution in [-0.4, -0.2) is 16.7 Å². The van der Waals surface area contributed by atoms with Crippen LogP contribution in [0.25, 0.3) is 6.08 Å². The summed E-state index contributed by atoms with van der Waals surface area (Å²) in [7, 11) is 0. The lowest BCUT2D eigenvalue weighted by atomic mass is 10.2. The summed E-state index contributed by atoms with van der Waals surface area (Å²) in [6.45, 7) is 0. The van der Waals surface area contributed by atoms with Crippen LogP contribution < -0.4 is 5.32 Å². The molecule has 1 aliphatic rings. The highest BCUT2D eigenvalue weighted by Crippen LogP contribution is 2.18. The average molecular weight is 372 g/mol. The summed E-state index contributed by atoms with van der Waals surface area (Å²) in [5.41, 5.74) is 1.73. The minimum Gasteiger partial charge on any atom is -0.305 e. The van der Waals surface area contributed by atoms with Crippen LogP contribution in [0.3, 0.4) is 0 Å². The first-order valence-electron chi connectivity index (χ1n) is 6.65. The average Bonchev–Trinajstić information content (AvgIpc) is 2.89. The first-order chi connectivity index (χ1) is 11.0. The minimum absolute atomic E-state index is 0.00192. The molecule has 114 valence electrons. The molecule has 2 aromatic rings. The summed E-state index contributed by atoms with van der Waals surface area (Å²) in [4.78, 5) is 26.4. The number of amidine groups is 1. The second-order valence-corrected chi connectivity index (χ2v) is 5.72. The number of benzene rings is 2. The minimum atomic E-state index is -0.469. The van der Waals surface area contributed by atoms with Gasteiger partial charge in [0.25, 0.3) is 11.6 Å². The summed E-state index contributed by atoms with van der Waals surface area (Å²) < 4.78 is 0.938. The molecule has 0 fully saturated rings. The number of rotatable bonds is 3. The highest BCUT2D eigenvalue weighted by Gasteiger charge is 2.21. The molecule has 0 saturated heterocycles. The van der Waals surface area contributed by atoms with Crippen molar-refractivity contribution < 1.29 is 9.72 Å². The second kappa shape index (κ2) is 6.13. The zero-order valence-corrected chi connectivity index (χ0v) is 13.3. The Hall–Kier alpha value is -2.80. The largest absolute Gasteiger partial charge is 0.305 e. The van der Waals surface area contributed by atoms with Crippen LogP contribution in [-0.2, 0) is 4.79 Å². The van der Waals surface area contributed by atoms with E-state index in [0.29, 0.717) is 11.4 Å². The zero-order chi connectivity index (χ0) is 16.4. The van der Waals surface area contributed by atoms with E-state index in [-0.39, 0.29) is 17.3 Å². The second-order valence-electron chi connectivity index (χ2n) is 4.80. The van der Waals surface area contributed by atoms with E-state index >= 15 is 0 Å². The number of nitro groups is 1. The molecule has 0 saturated carbocycles. The molecule has 0 bridgehead atoms. The molecule has 2 aromatic carbocycles. The van der Waals surface area contributed by atoms with Gasteiger partial charge in [0.2, 0.25) is 0 Å². The van der Waals surface area contributed by atoms with Crippen molar-refractivity contribution in [1.82, 2.24) is 5.32 Å². The number of amides is 1. The predicted octanol–water partition coefficient (Wildman–Crippen LogP) is 3.27. The first-order valence-corrected chi connectivity index (χ1v) is 7.44. The Morgan fingerprint density at radius 1 is 1.09 bits per heavy atom. The molecule has 0 unspecified atom stereocenters. The van der Waals surface area contributed by atoms with E-state index in [4.69, 9.17) is 0 Å². The number of hydrogen-bond acceptors (Lipinski definition) is 4. The quantitative estimate of drug-likeness (QED) is 0.510. The summed E-state index contributed by atoms with van der Waals surface area (Å²) in [5, 5.41) is 13.3. The third-order valence-corrected chi connectivity index (χ3v) is 3.75. The van der Waals surface area contributed by atoms with Crippen molar-refractivity contribution in [3.05, 3.63) is 79.9 Å². The molecular weight excluding hydrogens is 362 g/mol. The van der Waals surface area contributed by atoms with E-state index in [0.717, 1.165) is 10.0 Å². The number of hydrogen-bond donors (Lipinski definition) is 1. The van der Waals surface area contributed by atoms with Crippen LogP contribution in [0.4, 0.5) is 5.69 Å². The first kappa shape index (κ1) is 15.1. The van der Waals surface area contributed by atoms with E-state index in [2.05, 4.69) is 26.2 Å². The molecule has 1 aliphatic heterocycles. The topological polar surface area (TPSA) is 84.6 Å². The zero-order valence-electron chi connectivity index (χ0n) is 11.7. The smallest absolute Gasteiger partial charge is 0.275 e. The summed E-state index contributed by atoms with van der Waals surface area (Å²) in [5.74, 6) is 0.178. The maximum Gasteiger partial charge on any atom is 0.275 e. The molecule has 0 aliphatic carbocycles. The van der Waals surface area contributed by atoms with E-state index in [1.165, 1.54) is 12.1 Å². The molecule has 0 aromatic heterocycles. The van der Waals surface area contributed by atoms with Gasteiger partial charge in [-0.1, -0.05) is 28.1 Å². The van der Waals surface area contributed by atoms with Crippen molar-refractivity contribution in [2.75, 3.05) is 0 Å². The lowest BCUT2D eigenvalue weighted by molar-refractivity contribution is -0.384. The fourth-order valence-electron chi connectivity index (χ4n) is 2.06. The molecule has 7 heteroatoms. The molecule has 0 radical (unpaired) electrons. The van der Waals surface area contributed by atoms with Crippen molar-refractivity contribution in [3.63, 3.8) is 0 Å². The highest BCUT2D eigenvalue weighted by molar-refractivity contribution is 9.10. The molecule has 3 rings (SSSR count). The number of non-ortho nitro benzene ring substituents is 1. The van der Waals surface area contributed by atoms with Gasteiger partial charge < -0.3 is 5.32 Å². The normalized spacial score (nSPS) is 15.4. The Morgan fingerprint density at radius 3 is 2.35 bits per heavy atom. The van der Waals surface area contributed by atoms with Gasteiger partial charge in [0, 0.05) is 22.2 Å². The van der Waals surface area contributed by atoms with Gasteiger partial charge in [-0.3, -0.25) is 14.9 Å². The van der Waals surface area contributed by atoms with E-state index < -0.39 is 4.92 Å². The molecule has 0 spiro atoms. The molecule has 6 nitrogen and oxygen atoms in total. The third kappa shape index (κ3) is 3.35. The molecule has 1 heterocycles. The van der Waals surface area contributed by atoms with Crippen LogP contribution in [0.1, 0.15) is 11.1 Å². The monoisotopic (exact) mass is 371 g/mol. The van der Waals surface area contributed by atoms with Gasteiger partial charge in [-0.2, -0.15) is 0 Å². The maximum atomic E-state index is 12.0. The van der Waals surface area contributed by atoms with Crippen molar-refractivity contribution >= 4 is 39.4 Å². The van der Waals surface area contributed by atoms with Crippen molar-refractivity contribution in [2.24, 2.45) is 4.99 Å². The standard InChI is InChI=1S/C16H10BrN3O3/c17-12-5-3-11(4-6-12)15-18-14(16(21)19-15)9-10-1-7-13(8-2-10)20(22)23/h1-9H,(H,18,19,21)/b14-9-. The molecule has 23 heavy (non-hydrogen) atoms. The van der Waals surface area contributed by atoms with E-state index in [9.17, 15) is 14.9 Å². The van der Waals surface area contributed by atoms with Gasteiger partial charge in [0.05, 0.1) is 4.92 Å². The number of nitrogens with one attached hydrogen (secondary N) is 1. The molecule has 1 amide bonds. The van der Waals surface area contributed by atoms with Crippen LogP contribution in [0.5, 0.6) is 0 Å². The summed E-state index contributed by atoms with van der Waals surface area (Å²) in [6.07, 6.45) is 1.59. The Labute approximate surface area is 139 Å². The van der Waals surface area contributed by atoms with Gasteiger partial charge in [0.15, 0.2) is 0 Å². The maximum absolute atomic E-state index is 12.0. The van der Waals surface area contributed by atoms with Crippen molar-refractivity contribution in [2.45, 2.75) is 0 Å². The van der Waals surface area contributed by atoms with Gasteiger partial charge >= 0.3 is 0 Å². The molecule has 0 atom stereocenters. The molecule has 1 N–H and O–H groups in total. The van der Waals surface area contributed by atoms with Crippen LogP contribution >= 0.6 is 15.9 Å². The van der Waals surface area contributed by atoms with Gasteiger partial charge in [-0.15, -0.1) is 0 Å². The number of carbonyl (C=O) groups is 1. The number of carbonyl (C=O) groups excluding carboxylic acids is 1. The number of aliphatic imine (C=N–C) groups is 1. The Bertz CT molecular complexity index is 840. The van der Waals surface area contributed by atoms with Gasteiger partial charge in [0.1, 0.15) is 11.5 Å². The number of nitrogens with zero attached hydrogens (tertiary/aromatic N) is 2. The summed E-state index contributed by atoms with van der Waals surface area (Å²) >= 11 is 3.35. The Morgan fingerprint density at radius 2 is 1.74 bits per heavy atom. The Balaban J connectivity index is 1.88. The van der Waals surface area contributed by atoms with Crippen molar-refractivity contribution in [3.8, 4) is 0 Å². The number of nitro benzene ring substituents is 1. The van der Waals surface area contributed by atoms with E-state index in [1.54, 1.807) is 18.2 Å². The van der Waals surface area contributed by atoms with Crippen LogP contribution in [0.2, 0.25) is 0 Å². The highest BCUT2D eigenvalue weighted by atomic mass is 79.9. The molecular formula is C16H10BrN3O3. The van der Waals surface area contributed by atoms with Crippen LogP contribution in [0, 0.1) is 10.1 Å².